The molecule has 128 valence electrons. The zero-order valence-electron chi connectivity index (χ0n) is 14.1. The Balaban J connectivity index is 1.89. The van der Waals surface area contributed by atoms with E-state index in [0.717, 1.165) is 10.7 Å². The fourth-order valence-electron chi connectivity index (χ4n) is 2.04. The van der Waals surface area contributed by atoms with E-state index >= 15 is 0 Å². The Bertz CT molecular complexity index is 734. The SMILES string of the molecule is CC(C)(C)c1csc(CCNC(=O)c2cccc(NC(N)=O)c2)n1. The number of nitrogens with one attached hydrogen (secondary N) is 2. The molecule has 1 heterocycles. The summed E-state index contributed by atoms with van der Waals surface area (Å²) in [7, 11) is 0. The summed E-state index contributed by atoms with van der Waals surface area (Å²) in [5.74, 6) is -0.198. The molecular weight excluding hydrogens is 324 g/mol. The van der Waals surface area contributed by atoms with E-state index in [0.29, 0.717) is 24.2 Å². The molecule has 24 heavy (non-hydrogen) atoms. The maximum atomic E-state index is 12.2. The molecule has 0 saturated carbocycles. The van der Waals surface area contributed by atoms with Crippen molar-refractivity contribution in [2.75, 3.05) is 11.9 Å². The van der Waals surface area contributed by atoms with Crippen LogP contribution < -0.4 is 16.4 Å². The quantitative estimate of drug-likeness (QED) is 0.776. The van der Waals surface area contributed by atoms with Crippen LogP contribution in [0.2, 0.25) is 0 Å². The van der Waals surface area contributed by atoms with Gasteiger partial charge in [0.15, 0.2) is 0 Å². The van der Waals surface area contributed by atoms with Gasteiger partial charge in [-0.2, -0.15) is 0 Å². The fourth-order valence-corrected chi connectivity index (χ4v) is 3.06. The van der Waals surface area contributed by atoms with Gasteiger partial charge in [-0.15, -0.1) is 11.3 Å². The monoisotopic (exact) mass is 346 g/mol. The summed E-state index contributed by atoms with van der Waals surface area (Å²) in [5, 5.41) is 8.38. The number of carbonyl (C=O) groups excluding carboxylic acids is 2. The van der Waals surface area contributed by atoms with Gasteiger partial charge in [-0.1, -0.05) is 26.8 Å². The molecule has 0 fully saturated rings. The molecule has 6 nitrogen and oxygen atoms in total. The minimum Gasteiger partial charge on any atom is -0.352 e. The molecule has 0 unspecified atom stereocenters. The van der Waals surface area contributed by atoms with E-state index < -0.39 is 6.03 Å². The number of thiazole rings is 1. The van der Waals surface area contributed by atoms with Crippen LogP contribution >= 0.6 is 11.3 Å². The highest BCUT2D eigenvalue weighted by Gasteiger charge is 2.17. The van der Waals surface area contributed by atoms with Gasteiger partial charge in [-0.3, -0.25) is 4.79 Å². The molecule has 2 aromatic rings. The van der Waals surface area contributed by atoms with Gasteiger partial charge in [0.2, 0.25) is 0 Å². The van der Waals surface area contributed by atoms with E-state index in [1.54, 1.807) is 35.6 Å². The predicted octanol–water partition coefficient (Wildman–Crippen LogP) is 2.90. The van der Waals surface area contributed by atoms with Gasteiger partial charge in [0.1, 0.15) is 0 Å². The first-order chi connectivity index (χ1) is 11.3. The molecule has 0 aliphatic heterocycles. The Labute approximate surface area is 145 Å². The number of carbonyl (C=O) groups is 2. The summed E-state index contributed by atoms with van der Waals surface area (Å²) in [6.07, 6.45) is 0.686. The highest BCUT2D eigenvalue weighted by molar-refractivity contribution is 7.09. The average Bonchev–Trinajstić information content (AvgIpc) is 2.95. The molecular formula is C17H22N4O2S. The predicted molar refractivity (Wildman–Crippen MR) is 96.5 cm³/mol. The Morgan fingerprint density at radius 2 is 2.04 bits per heavy atom. The van der Waals surface area contributed by atoms with Crippen molar-refractivity contribution in [1.29, 1.82) is 0 Å². The van der Waals surface area contributed by atoms with Gasteiger partial charge in [-0.05, 0) is 18.2 Å². The van der Waals surface area contributed by atoms with Gasteiger partial charge >= 0.3 is 6.03 Å². The van der Waals surface area contributed by atoms with Crippen molar-refractivity contribution >= 4 is 29.0 Å². The third-order valence-corrected chi connectivity index (χ3v) is 4.25. The molecule has 1 aromatic carbocycles. The lowest BCUT2D eigenvalue weighted by Crippen LogP contribution is -2.26. The summed E-state index contributed by atoms with van der Waals surface area (Å²) < 4.78 is 0. The third-order valence-electron chi connectivity index (χ3n) is 3.34. The van der Waals surface area contributed by atoms with Crippen molar-refractivity contribution in [3.8, 4) is 0 Å². The number of rotatable bonds is 5. The lowest BCUT2D eigenvalue weighted by atomic mass is 9.93. The minimum atomic E-state index is -0.661. The maximum Gasteiger partial charge on any atom is 0.316 e. The van der Waals surface area contributed by atoms with Gasteiger partial charge in [0.05, 0.1) is 10.7 Å². The number of benzene rings is 1. The molecule has 1 aromatic heterocycles. The van der Waals surface area contributed by atoms with Gasteiger partial charge in [0.25, 0.3) is 5.91 Å². The van der Waals surface area contributed by atoms with Crippen molar-refractivity contribution in [2.24, 2.45) is 5.73 Å². The number of nitrogens with zero attached hydrogens (tertiary/aromatic N) is 1. The number of primary amides is 1. The minimum absolute atomic E-state index is 0.0336. The van der Waals surface area contributed by atoms with E-state index in [4.69, 9.17) is 5.73 Å². The van der Waals surface area contributed by atoms with Crippen molar-refractivity contribution in [2.45, 2.75) is 32.6 Å². The summed E-state index contributed by atoms with van der Waals surface area (Å²) in [4.78, 5) is 27.6. The molecule has 2 rings (SSSR count). The first-order valence-corrected chi connectivity index (χ1v) is 8.53. The van der Waals surface area contributed by atoms with Crippen LogP contribution in [-0.2, 0) is 11.8 Å². The van der Waals surface area contributed by atoms with E-state index in [-0.39, 0.29) is 11.3 Å². The van der Waals surface area contributed by atoms with Crippen LogP contribution in [-0.4, -0.2) is 23.5 Å². The second-order valence-electron chi connectivity index (χ2n) is 6.45. The van der Waals surface area contributed by atoms with Crippen molar-refractivity contribution < 1.29 is 9.59 Å². The van der Waals surface area contributed by atoms with E-state index in [2.05, 4.69) is 41.8 Å². The second kappa shape index (κ2) is 7.44. The topological polar surface area (TPSA) is 97.1 Å². The molecule has 0 radical (unpaired) electrons. The van der Waals surface area contributed by atoms with Crippen LogP contribution in [0, 0.1) is 0 Å². The molecule has 0 aliphatic rings. The van der Waals surface area contributed by atoms with Crippen LogP contribution in [0.3, 0.4) is 0 Å². The van der Waals surface area contributed by atoms with E-state index in [1.165, 1.54) is 0 Å². The maximum absolute atomic E-state index is 12.2. The van der Waals surface area contributed by atoms with Crippen molar-refractivity contribution in [3.63, 3.8) is 0 Å². The first kappa shape index (κ1) is 17.9. The molecule has 4 N–H and O–H groups in total. The van der Waals surface area contributed by atoms with E-state index in [1.807, 2.05) is 0 Å². The number of nitrogens with two attached hydrogens (primary N) is 1. The van der Waals surface area contributed by atoms with Crippen molar-refractivity contribution in [1.82, 2.24) is 10.3 Å². The first-order valence-electron chi connectivity index (χ1n) is 7.65. The molecule has 3 amide bonds. The lowest BCUT2D eigenvalue weighted by Gasteiger charge is -2.14. The zero-order valence-corrected chi connectivity index (χ0v) is 14.9. The van der Waals surface area contributed by atoms with Gasteiger partial charge < -0.3 is 16.4 Å². The smallest absolute Gasteiger partial charge is 0.316 e. The number of urea groups is 1. The Hall–Kier alpha value is -2.41. The van der Waals surface area contributed by atoms with Crippen LogP contribution in [0.4, 0.5) is 10.5 Å². The number of amides is 3. The normalized spacial score (nSPS) is 11.1. The van der Waals surface area contributed by atoms with Crippen LogP contribution in [0.25, 0.3) is 0 Å². The summed E-state index contributed by atoms with van der Waals surface area (Å²) >= 11 is 1.61. The fraction of sp³-hybridized carbons (Fsp3) is 0.353. The van der Waals surface area contributed by atoms with Crippen molar-refractivity contribution in [3.05, 3.63) is 45.9 Å². The molecule has 0 bridgehead atoms. The van der Waals surface area contributed by atoms with E-state index in [9.17, 15) is 9.59 Å². The summed E-state index contributed by atoms with van der Waals surface area (Å²) in [5.41, 5.74) is 7.13. The number of hydrogen-bond donors (Lipinski definition) is 3. The van der Waals surface area contributed by atoms with Crippen LogP contribution in [0.15, 0.2) is 29.6 Å². The Morgan fingerprint density at radius 1 is 1.29 bits per heavy atom. The third kappa shape index (κ3) is 5.06. The lowest BCUT2D eigenvalue weighted by molar-refractivity contribution is 0.0954. The number of aromatic nitrogens is 1. The van der Waals surface area contributed by atoms with Crippen LogP contribution in [0.1, 0.15) is 41.8 Å². The second-order valence-corrected chi connectivity index (χ2v) is 7.40. The number of anilines is 1. The highest BCUT2D eigenvalue weighted by Crippen LogP contribution is 2.23. The molecule has 0 atom stereocenters. The summed E-state index contributed by atoms with van der Waals surface area (Å²) in [6, 6.07) is 5.97. The summed E-state index contributed by atoms with van der Waals surface area (Å²) in [6.45, 7) is 6.88. The number of hydrogen-bond acceptors (Lipinski definition) is 4. The largest absolute Gasteiger partial charge is 0.352 e. The van der Waals surface area contributed by atoms with Gasteiger partial charge in [-0.25, -0.2) is 9.78 Å². The molecule has 7 heteroatoms. The Morgan fingerprint density at radius 3 is 2.67 bits per heavy atom. The molecule has 0 spiro atoms. The molecule has 0 aliphatic carbocycles. The average molecular weight is 346 g/mol. The highest BCUT2D eigenvalue weighted by atomic mass is 32.1. The van der Waals surface area contributed by atoms with Gasteiger partial charge in [0, 0.05) is 35.0 Å². The zero-order chi connectivity index (χ0) is 17.7. The Kier molecular flexibility index (Phi) is 5.56. The van der Waals surface area contributed by atoms with Crippen LogP contribution in [0.5, 0.6) is 0 Å². The standard InChI is InChI=1S/C17H22N4O2S/c1-17(2,3)13-10-24-14(21-13)7-8-19-15(22)11-5-4-6-12(9-11)20-16(18)23/h4-6,9-10H,7-8H2,1-3H3,(H,19,22)(H3,18,20,23). The molecule has 0 saturated heterocycles.